The fraction of sp³-hybridized carbons (Fsp3) is 0.440. The van der Waals surface area contributed by atoms with E-state index >= 15 is 0 Å². The van der Waals surface area contributed by atoms with Gasteiger partial charge in [-0.3, -0.25) is 4.79 Å². The summed E-state index contributed by atoms with van der Waals surface area (Å²) in [5, 5.41) is 10.3. The van der Waals surface area contributed by atoms with Crippen molar-refractivity contribution in [1.82, 2.24) is 0 Å². The summed E-state index contributed by atoms with van der Waals surface area (Å²) in [5.74, 6) is -0.603. The zero-order chi connectivity index (χ0) is 21.7. The standard InChI is InChI=1S/C25H28O5/c1-15-6-5-7-19(26)10-18-8-9-20(29-14-18)21-22(27)25(30-23(21)28)13-17(3)16(2)12-24(25,4)11-15/h5-6,8-12,17,19,26H,7,13-14H2,1-4H3/b6-5+,15-11+,18-10+,21-20-/t17-,19+,24-,25+/m0/s1. The molecule has 0 aromatic rings. The number of hydrogen-bond donors (Lipinski definition) is 1. The molecule has 0 amide bonds. The number of ketones is 1. The maximum atomic E-state index is 13.8. The highest BCUT2D eigenvalue weighted by molar-refractivity contribution is 6.26. The van der Waals surface area contributed by atoms with Crippen molar-refractivity contribution in [3.05, 3.63) is 70.6 Å². The van der Waals surface area contributed by atoms with Gasteiger partial charge in [0.15, 0.2) is 5.60 Å². The Kier molecular flexibility index (Phi) is 4.97. The summed E-state index contributed by atoms with van der Waals surface area (Å²) >= 11 is 0. The van der Waals surface area contributed by atoms with Crippen molar-refractivity contribution in [3.8, 4) is 0 Å². The van der Waals surface area contributed by atoms with Crippen LogP contribution in [0.2, 0.25) is 0 Å². The van der Waals surface area contributed by atoms with Gasteiger partial charge in [-0.05, 0) is 50.8 Å². The van der Waals surface area contributed by atoms with Gasteiger partial charge in [0.2, 0.25) is 5.78 Å². The number of carbonyl (C=O) groups is 2. The number of aliphatic hydroxyl groups excluding tert-OH is 1. The summed E-state index contributed by atoms with van der Waals surface area (Å²) in [6, 6.07) is 0. The first-order chi connectivity index (χ1) is 14.1. The van der Waals surface area contributed by atoms with E-state index in [2.05, 4.69) is 13.0 Å². The van der Waals surface area contributed by atoms with Gasteiger partial charge in [-0.15, -0.1) is 0 Å². The van der Waals surface area contributed by atoms with Crippen LogP contribution in [0, 0.1) is 11.3 Å². The van der Waals surface area contributed by atoms with Crippen molar-refractivity contribution < 1.29 is 24.2 Å². The average Bonchev–Trinajstić information content (AvgIpc) is 2.91. The third-order valence-corrected chi connectivity index (χ3v) is 6.62. The van der Waals surface area contributed by atoms with Gasteiger partial charge >= 0.3 is 5.97 Å². The average molecular weight is 408 g/mol. The molecule has 5 nitrogen and oxygen atoms in total. The van der Waals surface area contributed by atoms with E-state index in [0.29, 0.717) is 12.8 Å². The minimum absolute atomic E-state index is 0.0197. The van der Waals surface area contributed by atoms with Gasteiger partial charge in [-0.1, -0.05) is 48.5 Å². The Morgan fingerprint density at radius 1 is 1.13 bits per heavy atom. The van der Waals surface area contributed by atoms with Gasteiger partial charge in [-0.2, -0.15) is 0 Å². The molecular weight excluding hydrogens is 380 g/mol. The molecule has 2 aliphatic carbocycles. The zero-order valence-electron chi connectivity index (χ0n) is 17.9. The van der Waals surface area contributed by atoms with Gasteiger partial charge in [-0.25, -0.2) is 4.79 Å². The normalized spacial score (nSPS) is 43.2. The fourth-order valence-electron chi connectivity index (χ4n) is 4.88. The lowest BCUT2D eigenvalue weighted by Gasteiger charge is -2.45. The van der Waals surface area contributed by atoms with Crippen molar-refractivity contribution in [2.75, 3.05) is 6.61 Å². The van der Waals surface area contributed by atoms with Crippen LogP contribution in [0.1, 0.15) is 40.5 Å². The van der Waals surface area contributed by atoms with Crippen LogP contribution in [0.4, 0.5) is 0 Å². The Morgan fingerprint density at radius 3 is 2.60 bits per heavy atom. The summed E-state index contributed by atoms with van der Waals surface area (Å²) in [4.78, 5) is 26.7. The number of Topliss-reactive ketones (excluding diaryl/α,β-unsaturated/α-hetero) is 1. The molecule has 0 aromatic heterocycles. The zero-order valence-corrected chi connectivity index (χ0v) is 17.9. The van der Waals surface area contributed by atoms with Gasteiger partial charge in [0, 0.05) is 6.42 Å². The third-order valence-electron chi connectivity index (χ3n) is 6.62. The summed E-state index contributed by atoms with van der Waals surface area (Å²) in [5.41, 5.74) is 0.782. The number of rotatable bonds is 0. The molecule has 0 aromatic carbocycles. The van der Waals surface area contributed by atoms with Gasteiger partial charge < -0.3 is 14.6 Å². The molecule has 4 bridgehead atoms. The van der Waals surface area contributed by atoms with Crippen LogP contribution in [0.15, 0.2) is 70.6 Å². The molecule has 0 unspecified atom stereocenters. The predicted octanol–water partition coefficient (Wildman–Crippen LogP) is 3.88. The lowest BCUT2D eigenvalue weighted by molar-refractivity contribution is -0.162. The van der Waals surface area contributed by atoms with E-state index in [9.17, 15) is 14.7 Å². The van der Waals surface area contributed by atoms with E-state index < -0.39 is 23.1 Å². The Balaban J connectivity index is 1.95. The van der Waals surface area contributed by atoms with Crippen LogP contribution in [-0.2, 0) is 19.1 Å². The molecule has 5 aliphatic rings. The predicted molar refractivity (Wildman–Crippen MR) is 113 cm³/mol. The highest BCUT2D eigenvalue weighted by Gasteiger charge is 2.64. The molecule has 5 rings (SSSR count). The molecule has 3 aliphatic heterocycles. The van der Waals surface area contributed by atoms with Crippen LogP contribution in [0.5, 0.6) is 0 Å². The minimum Gasteiger partial charge on any atom is -0.488 e. The van der Waals surface area contributed by atoms with E-state index in [4.69, 9.17) is 9.47 Å². The number of esters is 1. The molecular formula is C25H28O5. The summed E-state index contributed by atoms with van der Waals surface area (Å²) in [7, 11) is 0. The van der Waals surface area contributed by atoms with E-state index in [1.807, 2.05) is 39.0 Å². The quantitative estimate of drug-likeness (QED) is 0.374. The number of fused-ring (bicyclic) bond motifs is 5. The summed E-state index contributed by atoms with van der Waals surface area (Å²) in [6.45, 7) is 8.19. The van der Waals surface area contributed by atoms with E-state index in [-0.39, 0.29) is 29.6 Å². The molecule has 0 saturated carbocycles. The Labute approximate surface area is 177 Å². The maximum Gasteiger partial charge on any atom is 0.346 e. The van der Waals surface area contributed by atoms with Crippen molar-refractivity contribution in [2.45, 2.75) is 52.2 Å². The lowest BCUT2D eigenvalue weighted by Crippen LogP contribution is -2.53. The van der Waals surface area contributed by atoms with Crippen LogP contribution in [0.25, 0.3) is 0 Å². The molecule has 0 radical (unpaired) electrons. The Morgan fingerprint density at radius 2 is 1.90 bits per heavy atom. The topological polar surface area (TPSA) is 72.8 Å². The molecule has 4 atom stereocenters. The largest absolute Gasteiger partial charge is 0.488 e. The molecule has 3 heterocycles. The minimum atomic E-state index is -1.30. The number of hydrogen-bond acceptors (Lipinski definition) is 5. The first-order valence-corrected chi connectivity index (χ1v) is 10.4. The maximum absolute atomic E-state index is 13.8. The van der Waals surface area contributed by atoms with Crippen molar-refractivity contribution in [1.29, 1.82) is 0 Å². The molecule has 1 saturated heterocycles. The van der Waals surface area contributed by atoms with Crippen LogP contribution >= 0.6 is 0 Å². The van der Waals surface area contributed by atoms with Crippen LogP contribution in [0.3, 0.4) is 0 Å². The molecule has 5 heteroatoms. The van der Waals surface area contributed by atoms with Gasteiger partial charge in [0.25, 0.3) is 0 Å². The smallest absolute Gasteiger partial charge is 0.346 e. The van der Waals surface area contributed by atoms with E-state index in [1.165, 1.54) is 0 Å². The van der Waals surface area contributed by atoms with Gasteiger partial charge in [0.1, 0.15) is 17.9 Å². The Bertz CT molecular complexity index is 989. The van der Waals surface area contributed by atoms with Crippen molar-refractivity contribution in [2.24, 2.45) is 11.3 Å². The van der Waals surface area contributed by atoms with Crippen molar-refractivity contribution in [3.63, 3.8) is 0 Å². The number of carbonyl (C=O) groups excluding carboxylic acids is 2. The van der Waals surface area contributed by atoms with Crippen molar-refractivity contribution >= 4 is 11.8 Å². The number of allylic oxidation sites excluding steroid dienone is 4. The number of ether oxygens (including phenoxy) is 2. The van der Waals surface area contributed by atoms with Crippen LogP contribution in [-0.4, -0.2) is 35.2 Å². The SMILES string of the molecule is CC1=C[C@]2(C)/C=C(C)/C=C/C[C@@H](O)/C=C3C=C/C(=C4/C(=O)O[C@]2(C[C@@H]1C)C4=O)OC\3. The first-order valence-electron chi connectivity index (χ1n) is 10.4. The summed E-state index contributed by atoms with van der Waals surface area (Å²) < 4.78 is 11.7. The lowest BCUT2D eigenvalue weighted by atomic mass is 9.61. The van der Waals surface area contributed by atoms with Gasteiger partial charge in [0.05, 0.1) is 11.5 Å². The fourth-order valence-corrected chi connectivity index (χ4v) is 4.88. The van der Waals surface area contributed by atoms with E-state index in [0.717, 1.165) is 16.7 Å². The summed E-state index contributed by atoms with van der Waals surface area (Å²) in [6.07, 6.45) is 13.3. The molecule has 158 valence electrons. The first kappa shape index (κ1) is 20.6. The molecule has 30 heavy (non-hydrogen) atoms. The second kappa shape index (κ2) is 7.24. The highest BCUT2D eigenvalue weighted by Crippen LogP contribution is 2.53. The third kappa shape index (κ3) is 3.21. The monoisotopic (exact) mass is 408 g/mol. The van der Waals surface area contributed by atoms with E-state index in [1.54, 1.807) is 18.2 Å². The van der Waals surface area contributed by atoms with Crippen LogP contribution < -0.4 is 0 Å². The second-order valence-electron chi connectivity index (χ2n) is 9.02. The number of aliphatic hydroxyl groups is 1. The Hall–Kier alpha value is -2.66. The second-order valence-corrected chi connectivity index (χ2v) is 9.02. The molecule has 1 spiro atoms. The molecule has 1 N–H and O–H groups in total. The highest BCUT2D eigenvalue weighted by atomic mass is 16.6. The molecule has 1 fully saturated rings.